The molecule has 0 radical (unpaired) electrons. The van der Waals surface area contributed by atoms with Gasteiger partial charge >= 0.3 is 12.2 Å². The highest BCUT2D eigenvalue weighted by atomic mass is 19.4. The van der Waals surface area contributed by atoms with Crippen molar-refractivity contribution in [2.24, 2.45) is 0 Å². The Morgan fingerprint density at radius 1 is 1.12 bits per heavy atom. The van der Waals surface area contributed by atoms with E-state index in [2.05, 4.69) is 15.5 Å². The second-order valence-corrected chi connectivity index (χ2v) is 5.61. The number of nitrogens with zero attached hydrogens (tertiary/aromatic N) is 1. The largest absolute Gasteiger partial charge is 0.416 e. The third-order valence-corrected chi connectivity index (χ3v) is 3.77. The van der Waals surface area contributed by atoms with E-state index in [9.17, 15) is 18.0 Å². The van der Waals surface area contributed by atoms with Crippen LogP contribution < -0.4 is 10.6 Å². The van der Waals surface area contributed by atoms with Gasteiger partial charge in [0.2, 0.25) is 0 Å². The van der Waals surface area contributed by atoms with E-state index >= 15 is 0 Å². The topological polar surface area (TPSA) is 53.6 Å². The molecular weight excluding hydrogens is 323 g/mol. The van der Waals surface area contributed by atoms with Gasteiger partial charge in [0.25, 0.3) is 0 Å². The van der Waals surface area contributed by atoms with E-state index in [4.69, 9.17) is 4.74 Å². The Labute approximate surface area is 139 Å². The van der Waals surface area contributed by atoms with Gasteiger partial charge in [-0.2, -0.15) is 13.2 Å². The lowest BCUT2D eigenvalue weighted by Gasteiger charge is -2.26. The van der Waals surface area contributed by atoms with Crippen LogP contribution in [0.5, 0.6) is 0 Å². The fourth-order valence-corrected chi connectivity index (χ4v) is 2.39. The van der Waals surface area contributed by atoms with Crippen molar-refractivity contribution in [3.8, 4) is 0 Å². The van der Waals surface area contributed by atoms with Gasteiger partial charge in [-0.25, -0.2) is 4.79 Å². The number of nitrogens with one attached hydrogen (secondary N) is 2. The summed E-state index contributed by atoms with van der Waals surface area (Å²) in [5.74, 6) is 0. The highest BCUT2D eigenvalue weighted by Crippen LogP contribution is 2.28. The van der Waals surface area contributed by atoms with Crippen molar-refractivity contribution < 1.29 is 22.7 Å². The summed E-state index contributed by atoms with van der Waals surface area (Å²) in [6, 6.07) is 4.43. The fraction of sp³-hybridized carbons (Fsp3) is 0.562. The Hall–Kier alpha value is -1.80. The molecule has 24 heavy (non-hydrogen) atoms. The molecule has 8 heteroatoms. The Morgan fingerprint density at radius 2 is 1.79 bits per heavy atom. The van der Waals surface area contributed by atoms with Crippen LogP contribution in [-0.2, 0) is 17.5 Å². The molecule has 1 aromatic rings. The molecule has 1 heterocycles. The lowest BCUT2D eigenvalue weighted by molar-refractivity contribution is -0.137. The molecule has 1 saturated heterocycles. The van der Waals surface area contributed by atoms with Gasteiger partial charge in [0, 0.05) is 26.2 Å². The summed E-state index contributed by atoms with van der Waals surface area (Å²) in [5, 5.41) is 5.37. The molecule has 2 amide bonds. The van der Waals surface area contributed by atoms with Gasteiger partial charge in [-0.1, -0.05) is 12.1 Å². The van der Waals surface area contributed by atoms with Gasteiger partial charge in [0.1, 0.15) is 0 Å². The zero-order valence-corrected chi connectivity index (χ0v) is 13.4. The average Bonchev–Trinajstić information content (AvgIpc) is 2.57. The molecule has 1 aromatic carbocycles. The maximum Gasteiger partial charge on any atom is 0.416 e. The summed E-state index contributed by atoms with van der Waals surface area (Å²) >= 11 is 0. The maximum atomic E-state index is 12.5. The van der Waals surface area contributed by atoms with Crippen LogP contribution in [0.25, 0.3) is 0 Å². The first-order chi connectivity index (χ1) is 11.4. The Morgan fingerprint density at radius 3 is 2.42 bits per heavy atom. The van der Waals surface area contributed by atoms with Crippen molar-refractivity contribution in [1.82, 2.24) is 15.5 Å². The SMILES string of the molecule is O=C(NCCCN1CCOCC1)NCc1ccc(C(F)(F)F)cc1. The van der Waals surface area contributed by atoms with Gasteiger partial charge in [0.05, 0.1) is 18.8 Å². The zero-order valence-electron chi connectivity index (χ0n) is 13.4. The van der Waals surface area contributed by atoms with E-state index in [1.807, 2.05) is 0 Å². The zero-order chi connectivity index (χ0) is 17.4. The maximum absolute atomic E-state index is 12.5. The number of benzene rings is 1. The van der Waals surface area contributed by atoms with Crippen molar-refractivity contribution in [3.63, 3.8) is 0 Å². The van der Waals surface area contributed by atoms with Crippen LogP contribution in [0.1, 0.15) is 17.5 Å². The number of carbonyl (C=O) groups is 1. The van der Waals surface area contributed by atoms with Crippen molar-refractivity contribution in [2.45, 2.75) is 19.1 Å². The third kappa shape index (κ3) is 6.37. The molecule has 1 fully saturated rings. The van der Waals surface area contributed by atoms with Gasteiger partial charge < -0.3 is 15.4 Å². The molecule has 5 nitrogen and oxygen atoms in total. The normalized spacial score (nSPS) is 16.0. The lowest BCUT2D eigenvalue weighted by atomic mass is 10.1. The molecule has 0 saturated carbocycles. The first kappa shape index (κ1) is 18.5. The first-order valence-electron chi connectivity index (χ1n) is 7.93. The summed E-state index contributed by atoms with van der Waals surface area (Å²) in [6.45, 7) is 4.98. The fourth-order valence-electron chi connectivity index (χ4n) is 2.39. The number of hydrogen-bond donors (Lipinski definition) is 2. The molecule has 0 spiro atoms. The smallest absolute Gasteiger partial charge is 0.379 e. The van der Waals surface area contributed by atoms with Crippen molar-refractivity contribution in [2.75, 3.05) is 39.4 Å². The first-order valence-corrected chi connectivity index (χ1v) is 7.93. The number of morpholine rings is 1. The van der Waals surface area contributed by atoms with E-state index < -0.39 is 11.7 Å². The Bertz CT molecular complexity index is 514. The number of carbonyl (C=O) groups excluding carboxylic acids is 1. The van der Waals surface area contributed by atoms with E-state index in [-0.39, 0.29) is 12.6 Å². The van der Waals surface area contributed by atoms with E-state index in [1.54, 1.807) is 0 Å². The summed E-state index contributed by atoms with van der Waals surface area (Å²) < 4.78 is 42.6. The highest BCUT2D eigenvalue weighted by Gasteiger charge is 2.29. The quantitative estimate of drug-likeness (QED) is 0.778. The Kier molecular flexibility index (Phi) is 6.86. The molecular formula is C16H22F3N3O2. The van der Waals surface area contributed by atoms with Crippen LogP contribution in [0.4, 0.5) is 18.0 Å². The predicted molar refractivity (Wildman–Crippen MR) is 83.6 cm³/mol. The molecule has 134 valence electrons. The number of rotatable bonds is 6. The molecule has 2 N–H and O–H groups in total. The minimum absolute atomic E-state index is 0.188. The summed E-state index contributed by atoms with van der Waals surface area (Å²) in [4.78, 5) is 13.9. The van der Waals surface area contributed by atoms with Gasteiger partial charge in [-0.15, -0.1) is 0 Å². The minimum atomic E-state index is -4.34. The minimum Gasteiger partial charge on any atom is -0.379 e. The van der Waals surface area contributed by atoms with Crippen LogP contribution in [-0.4, -0.2) is 50.3 Å². The van der Waals surface area contributed by atoms with Gasteiger partial charge in [-0.05, 0) is 30.7 Å². The summed E-state index contributed by atoms with van der Waals surface area (Å²) in [5.41, 5.74) is -0.0784. The molecule has 0 unspecified atom stereocenters. The number of urea groups is 1. The molecule has 2 rings (SSSR count). The molecule has 0 bridgehead atoms. The van der Waals surface area contributed by atoms with Crippen LogP contribution in [0.2, 0.25) is 0 Å². The highest BCUT2D eigenvalue weighted by molar-refractivity contribution is 5.73. The number of halogens is 3. The van der Waals surface area contributed by atoms with Gasteiger partial charge in [-0.3, -0.25) is 4.90 Å². The summed E-state index contributed by atoms with van der Waals surface area (Å²) in [6.07, 6.45) is -3.50. The van der Waals surface area contributed by atoms with E-state index in [1.165, 1.54) is 12.1 Å². The average molecular weight is 345 g/mol. The number of amides is 2. The van der Waals surface area contributed by atoms with Crippen LogP contribution >= 0.6 is 0 Å². The van der Waals surface area contributed by atoms with Crippen molar-refractivity contribution in [1.29, 1.82) is 0 Å². The van der Waals surface area contributed by atoms with E-state index in [0.29, 0.717) is 12.1 Å². The van der Waals surface area contributed by atoms with Crippen LogP contribution in [0.3, 0.4) is 0 Å². The number of alkyl halides is 3. The van der Waals surface area contributed by atoms with Gasteiger partial charge in [0.15, 0.2) is 0 Å². The molecule has 1 aliphatic heterocycles. The molecule has 0 aromatic heterocycles. The Balaban J connectivity index is 1.60. The van der Waals surface area contributed by atoms with Crippen molar-refractivity contribution >= 4 is 6.03 Å². The second-order valence-electron chi connectivity index (χ2n) is 5.61. The third-order valence-electron chi connectivity index (χ3n) is 3.77. The van der Waals surface area contributed by atoms with Crippen LogP contribution in [0.15, 0.2) is 24.3 Å². The van der Waals surface area contributed by atoms with E-state index in [0.717, 1.165) is 51.4 Å². The molecule has 0 atom stereocenters. The number of hydrogen-bond acceptors (Lipinski definition) is 3. The number of ether oxygens (including phenoxy) is 1. The molecule has 1 aliphatic rings. The predicted octanol–water partition coefficient (Wildman–Crippen LogP) is 2.23. The summed E-state index contributed by atoms with van der Waals surface area (Å²) in [7, 11) is 0. The molecule has 0 aliphatic carbocycles. The standard InChI is InChI=1S/C16H22F3N3O2/c17-16(18,19)14-4-2-13(3-5-14)12-21-15(23)20-6-1-7-22-8-10-24-11-9-22/h2-5H,1,6-12H2,(H2,20,21,23). The van der Waals surface area contributed by atoms with Crippen LogP contribution in [0, 0.1) is 0 Å². The monoisotopic (exact) mass is 345 g/mol. The second kappa shape index (κ2) is 8.89. The lowest BCUT2D eigenvalue weighted by Crippen LogP contribution is -2.39. The van der Waals surface area contributed by atoms with Crippen molar-refractivity contribution in [3.05, 3.63) is 35.4 Å².